The number of halogens is 1. The van der Waals surface area contributed by atoms with Crippen LogP contribution in [0.5, 0.6) is 0 Å². The van der Waals surface area contributed by atoms with Crippen molar-refractivity contribution in [1.29, 1.82) is 0 Å². The Morgan fingerprint density at radius 2 is 2.29 bits per heavy atom. The minimum Gasteiger partial charge on any atom is -0.370 e. The van der Waals surface area contributed by atoms with Crippen LogP contribution in [0, 0.1) is 6.92 Å². The number of benzene rings is 1. The van der Waals surface area contributed by atoms with Gasteiger partial charge in [0, 0.05) is 29.3 Å². The Hall–Kier alpha value is -0.540. The Bertz CT molecular complexity index is 376. The van der Waals surface area contributed by atoms with E-state index >= 15 is 0 Å². The smallest absolute Gasteiger partial charge is 0.0397 e. The van der Waals surface area contributed by atoms with Crippen molar-refractivity contribution in [2.45, 2.75) is 32.7 Å². The molecule has 0 amide bonds. The standard InChI is InChI=1S/C14H21BrN2/c1-3-16-13-5-4-8-17(10-13)14-7-6-12(15)9-11(14)2/h6-7,9,13,16H,3-5,8,10H2,1-2H3. The molecule has 1 fully saturated rings. The van der Waals surface area contributed by atoms with Gasteiger partial charge in [-0.25, -0.2) is 0 Å². The van der Waals surface area contributed by atoms with E-state index in [2.05, 4.69) is 58.2 Å². The van der Waals surface area contributed by atoms with Crippen molar-refractivity contribution in [3.05, 3.63) is 28.2 Å². The highest BCUT2D eigenvalue weighted by atomic mass is 79.9. The lowest BCUT2D eigenvalue weighted by Gasteiger charge is -2.35. The summed E-state index contributed by atoms with van der Waals surface area (Å²) in [6, 6.07) is 7.22. The van der Waals surface area contributed by atoms with E-state index in [1.165, 1.54) is 35.1 Å². The van der Waals surface area contributed by atoms with Crippen molar-refractivity contribution in [3.63, 3.8) is 0 Å². The van der Waals surface area contributed by atoms with Crippen LogP contribution in [-0.4, -0.2) is 25.7 Å². The lowest BCUT2D eigenvalue weighted by molar-refractivity contribution is 0.431. The van der Waals surface area contributed by atoms with Gasteiger partial charge in [0.05, 0.1) is 0 Å². The molecule has 1 aromatic carbocycles. The van der Waals surface area contributed by atoms with Gasteiger partial charge in [0.15, 0.2) is 0 Å². The highest BCUT2D eigenvalue weighted by Crippen LogP contribution is 2.26. The van der Waals surface area contributed by atoms with E-state index in [0.717, 1.165) is 13.1 Å². The third-order valence-corrected chi connectivity index (χ3v) is 3.91. The minimum atomic E-state index is 0.650. The fourth-order valence-corrected chi connectivity index (χ4v) is 3.10. The molecule has 1 aliphatic rings. The first-order chi connectivity index (χ1) is 8.20. The second kappa shape index (κ2) is 5.87. The highest BCUT2D eigenvalue weighted by Gasteiger charge is 2.20. The molecule has 1 aliphatic heterocycles. The molecular weight excluding hydrogens is 276 g/mol. The summed E-state index contributed by atoms with van der Waals surface area (Å²) in [5, 5.41) is 3.56. The van der Waals surface area contributed by atoms with Crippen LogP contribution in [0.2, 0.25) is 0 Å². The molecule has 0 bridgehead atoms. The third-order valence-electron chi connectivity index (χ3n) is 3.41. The number of nitrogens with zero attached hydrogens (tertiary/aromatic N) is 1. The average molecular weight is 297 g/mol. The van der Waals surface area contributed by atoms with Gasteiger partial charge in [-0.2, -0.15) is 0 Å². The molecule has 2 rings (SSSR count). The molecule has 3 heteroatoms. The fourth-order valence-electron chi connectivity index (χ4n) is 2.62. The predicted octanol–water partition coefficient (Wildman–Crippen LogP) is 3.34. The van der Waals surface area contributed by atoms with Crippen molar-refractivity contribution < 1.29 is 0 Å². The first-order valence-corrected chi connectivity index (χ1v) is 7.24. The lowest BCUT2D eigenvalue weighted by atomic mass is 10.0. The van der Waals surface area contributed by atoms with Gasteiger partial charge in [0.25, 0.3) is 0 Å². The SMILES string of the molecule is CCNC1CCCN(c2ccc(Br)cc2C)C1. The summed E-state index contributed by atoms with van der Waals surface area (Å²) in [4.78, 5) is 2.51. The maximum atomic E-state index is 3.56. The predicted molar refractivity (Wildman–Crippen MR) is 77.8 cm³/mol. The topological polar surface area (TPSA) is 15.3 Å². The summed E-state index contributed by atoms with van der Waals surface area (Å²) >= 11 is 3.53. The first-order valence-electron chi connectivity index (χ1n) is 6.45. The second-order valence-electron chi connectivity index (χ2n) is 4.77. The van der Waals surface area contributed by atoms with Gasteiger partial charge in [0.2, 0.25) is 0 Å². The Morgan fingerprint density at radius 3 is 3.00 bits per heavy atom. The molecule has 2 nitrogen and oxygen atoms in total. The third kappa shape index (κ3) is 3.23. The molecule has 1 atom stereocenters. The second-order valence-corrected chi connectivity index (χ2v) is 5.69. The van der Waals surface area contributed by atoms with Crippen LogP contribution in [0.4, 0.5) is 5.69 Å². The number of likely N-dealkylation sites (N-methyl/N-ethyl adjacent to an activating group) is 1. The van der Waals surface area contributed by atoms with Crippen LogP contribution >= 0.6 is 15.9 Å². The van der Waals surface area contributed by atoms with Crippen LogP contribution in [0.1, 0.15) is 25.3 Å². The van der Waals surface area contributed by atoms with E-state index in [1.807, 2.05) is 0 Å². The van der Waals surface area contributed by atoms with Gasteiger partial charge in [-0.15, -0.1) is 0 Å². The monoisotopic (exact) mass is 296 g/mol. The Labute approximate surface area is 113 Å². The van der Waals surface area contributed by atoms with E-state index in [0.29, 0.717) is 6.04 Å². The summed E-state index contributed by atoms with van der Waals surface area (Å²) in [6.45, 7) is 7.76. The van der Waals surface area contributed by atoms with Gasteiger partial charge in [-0.1, -0.05) is 22.9 Å². The Morgan fingerprint density at radius 1 is 1.47 bits per heavy atom. The van der Waals surface area contributed by atoms with Gasteiger partial charge < -0.3 is 10.2 Å². The van der Waals surface area contributed by atoms with Crippen LogP contribution in [0.3, 0.4) is 0 Å². The van der Waals surface area contributed by atoms with Gasteiger partial charge in [-0.05, 0) is 50.1 Å². The van der Waals surface area contributed by atoms with E-state index in [1.54, 1.807) is 0 Å². The summed E-state index contributed by atoms with van der Waals surface area (Å²) in [7, 11) is 0. The highest BCUT2D eigenvalue weighted by molar-refractivity contribution is 9.10. The maximum absolute atomic E-state index is 3.56. The molecule has 0 spiro atoms. The maximum Gasteiger partial charge on any atom is 0.0397 e. The number of hydrogen-bond donors (Lipinski definition) is 1. The molecule has 1 N–H and O–H groups in total. The fraction of sp³-hybridized carbons (Fsp3) is 0.571. The molecular formula is C14H21BrN2. The quantitative estimate of drug-likeness (QED) is 0.920. The molecule has 94 valence electrons. The zero-order valence-corrected chi connectivity index (χ0v) is 12.3. The number of anilines is 1. The van der Waals surface area contributed by atoms with E-state index < -0.39 is 0 Å². The lowest BCUT2D eigenvalue weighted by Crippen LogP contribution is -2.45. The largest absolute Gasteiger partial charge is 0.370 e. The molecule has 1 heterocycles. The van der Waals surface area contributed by atoms with Gasteiger partial charge in [0.1, 0.15) is 0 Å². The summed E-state index contributed by atoms with van der Waals surface area (Å²) in [6.07, 6.45) is 2.59. The molecule has 1 saturated heterocycles. The first kappa shape index (κ1) is 12.9. The van der Waals surface area contributed by atoms with E-state index in [9.17, 15) is 0 Å². The molecule has 17 heavy (non-hydrogen) atoms. The average Bonchev–Trinajstić information content (AvgIpc) is 2.29. The number of rotatable bonds is 3. The zero-order valence-electron chi connectivity index (χ0n) is 10.7. The summed E-state index contributed by atoms with van der Waals surface area (Å²) in [5.74, 6) is 0. The molecule has 1 aromatic rings. The van der Waals surface area contributed by atoms with Gasteiger partial charge >= 0.3 is 0 Å². The molecule has 0 radical (unpaired) electrons. The van der Waals surface area contributed by atoms with Gasteiger partial charge in [-0.3, -0.25) is 0 Å². The molecule has 1 unspecified atom stereocenters. The van der Waals surface area contributed by atoms with Crippen molar-refractivity contribution in [2.75, 3.05) is 24.5 Å². The van der Waals surface area contributed by atoms with Crippen molar-refractivity contribution in [2.24, 2.45) is 0 Å². The number of hydrogen-bond acceptors (Lipinski definition) is 2. The molecule has 0 saturated carbocycles. The number of aryl methyl sites for hydroxylation is 1. The number of piperidine rings is 1. The Kier molecular flexibility index (Phi) is 4.46. The number of nitrogens with one attached hydrogen (secondary N) is 1. The van der Waals surface area contributed by atoms with Crippen molar-refractivity contribution in [1.82, 2.24) is 5.32 Å². The summed E-state index contributed by atoms with van der Waals surface area (Å²) in [5.41, 5.74) is 2.74. The normalized spacial score (nSPS) is 20.6. The van der Waals surface area contributed by atoms with Crippen LogP contribution in [0.15, 0.2) is 22.7 Å². The van der Waals surface area contributed by atoms with E-state index in [4.69, 9.17) is 0 Å². The zero-order chi connectivity index (χ0) is 12.3. The van der Waals surface area contributed by atoms with Crippen LogP contribution in [-0.2, 0) is 0 Å². The van der Waals surface area contributed by atoms with Crippen molar-refractivity contribution in [3.8, 4) is 0 Å². The van der Waals surface area contributed by atoms with Crippen molar-refractivity contribution >= 4 is 21.6 Å². The van der Waals surface area contributed by atoms with Crippen LogP contribution in [0.25, 0.3) is 0 Å². The Balaban J connectivity index is 2.10. The van der Waals surface area contributed by atoms with Crippen LogP contribution < -0.4 is 10.2 Å². The minimum absolute atomic E-state index is 0.650. The molecule has 0 aromatic heterocycles. The summed E-state index contributed by atoms with van der Waals surface area (Å²) < 4.78 is 1.17. The van der Waals surface area contributed by atoms with E-state index in [-0.39, 0.29) is 0 Å². The molecule has 0 aliphatic carbocycles.